The van der Waals surface area contributed by atoms with Crippen LogP contribution in [0.3, 0.4) is 0 Å². The molecule has 100 valence electrons. The number of aliphatic hydroxyl groups excluding tert-OH is 1. The third-order valence-electron chi connectivity index (χ3n) is 3.34. The number of amides is 1. The van der Waals surface area contributed by atoms with Gasteiger partial charge in [0, 0.05) is 19.5 Å². The van der Waals surface area contributed by atoms with Crippen LogP contribution >= 0.6 is 0 Å². The van der Waals surface area contributed by atoms with Gasteiger partial charge in [0.15, 0.2) is 0 Å². The van der Waals surface area contributed by atoms with E-state index < -0.39 is 0 Å². The zero-order valence-electron chi connectivity index (χ0n) is 11.7. The molecule has 1 aromatic rings. The number of ether oxygens (including phenoxy) is 1. The van der Waals surface area contributed by atoms with Crippen LogP contribution in [0.1, 0.15) is 29.7 Å². The van der Waals surface area contributed by atoms with E-state index in [1.54, 1.807) is 14.2 Å². The van der Waals surface area contributed by atoms with Crippen molar-refractivity contribution >= 4 is 5.91 Å². The second-order valence-corrected chi connectivity index (χ2v) is 4.51. The molecule has 0 aliphatic rings. The molecule has 0 aliphatic carbocycles. The fourth-order valence-corrected chi connectivity index (χ4v) is 1.90. The number of methoxy groups -OCH3 is 1. The van der Waals surface area contributed by atoms with Crippen molar-refractivity contribution in [2.75, 3.05) is 20.8 Å². The van der Waals surface area contributed by atoms with E-state index >= 15 is 0 Å². The molecular formula is C14H21NO3. The van der Waals surface area contributed by atoms with Gasteiger partial charge in [-0.25, -0.2) is 0 Å². The van der Waals surface area contributed by atoms with Gasteiger partial charge in [0.2, 0.25) is 5.91 Å². The van der Waals surface area contributed by atoms with E-state index in [1.165, 1.54) is 11.8 Å². The maximum Gasteiger partial charge on any atom is 0.219 e. The van der Waals surface area contributed by atoms with Crippen LogP contribution in [0.15, 0.2) is 12.1 Å². The Bertz CT molecular complexity index is 443. The number of benzene rings is 1. The number of carbonyl (C=O) groups is 1. The first-order chi connectivity index (χ1) is 8.42. The van der Waals surface area contributed by atoms with Crippen molar-refractivity contribution in [1.29, 1.82) is 0 Å². The molecule has 0 aromatic heterocycles. The first-order valence-electron chi connectivity index (χ1n) is 5.91. The lowest BCUT2D eigenvalue weighted by molar-refractivity contribution is -0.130. The third-order valence-corrected chi connectivity index (χ3v) is 3.34. The molecule has 0 bridgehead atoms. The van der Waals surface area contributed by atoms with Crippen molar-refractivity contribution in [3.05, 3.63) is 28.8 Å². The minimum absolute atomic E-state index is 0.0886. The van der Waals surface area contributed by atoms with Crippen LogP contribution in [0.5, 0.6) is 5.75 Å². The Hall–Kier alpha value is -1.55. The summed E-state index contributed by atoms with van der Waals surface area (Å²) in [4.78, 5) is 13.0. The molecule has 0 aliphatic heterocycles. The number of likely N-dealkylation sites (N-methyl/N-ethyl adjacent to an activating group) is 1. The molecule has 0 saturated heterocycles. The molecule has 0 spiro atoms. The standard InChI is InChI=1S/C14H21NO3/c1-9-6-12(14(18-5)7-10(9)2)13(8-16)15(4)11(3)17/h6-7,13,16H,8H2,1-5H3. The van der Waals surface area contributed by atoms with E-state index in [4.69, 9.17) is 4.74 Å². The van der Waals surface area contributed by atoms with E-state index in [-0.39, 0.29) is 18.6 Å². The number of aryl methyl sites for hydroxylation is 2. The fraction of sp³-hybridized carbons (Fsp3) is 0.500. The zero-order chi connectivity index (χ0) is 13.9. The Kier molecular flexibility index (Phi) is 4.73. The second-order valence-electron chi connectivity index (χ2n) is 4.51. The average molecular weight is 251 g/mol. The molecule has 1 unspecified atom stereocenters. The van der Waals surface area contributed by atoms with Gasteiger partial charge < -0.3 is 14.7 Å². The quantitative estimate of drug-likeness (QED) is 0.888. The summed E-state index contributed by atoms with van der Waals surface area (Å²) in [7, 11) is 3.27. The predicted molar refractivity (Wildman–Crippen MR) is 70.7 cm³/mol. The monoisotopic (exact) mass is 251 g/mol. The summed E-state index contributed by atoms with van der Waals surface area (Å²) in [5, 5.41) is 9.53. The van der Waals surface area contributed by atoms with E-state index in [0.717, 1.165) is 16.7 Å². The number of hydrogen-bond acceptors (Lipinski definition) is 3. The average Bonchev–Trinajstić information content (AvgIpc) is 2.33. The molecule has 1 rings (SSSR count). The van der Waals surface area contributed by atoms with Gasteiger partial charge in [0.1, 0.15) is 5.75 Å². The normalized spacial score (nSPS) is 12.1. The van der Waals surface area contributed by atoms with Crippen LogP contribution in [0.2, 0.25) is 0 Å². The van der Waals surface area contributed by atoms with Gasteiger partial charge in [0.25, 0.3) is 0 Å². The van der Waals surface area contributed by atoms with Crippen LogP contribution in [-0.4, -0.2) is 36.7 Å². The van der Waals surface area contributed by atoms with Gasteiger partial charge in [-0.3, -0.25) is 4.79 Å². The highest BCUT2D eigenvalue weighted by molar-refractivity contribution is 5.73. The van der Waals surface area contributed by atoms with Crippen LogP contribution in [0.25, 0.3) is 0 Å². The highest BCUT2D eigenvalue weighted by Gasteiger charge is 2.22. The maximum absolute atomic E-state index is 11.4. The summed E-state index contributed by atoms with van der Waals surface area (Å²) >= 11 is 0. The van der Waals surface area contributed by atoms with Crippen molar-refractivity contribution in [2.45, 2.75) is 26.8 Å². The highest BCUT2D eigenvalue weighted by atomic mass is 16.5. The molecule has 1 amide bonds. The van der Waals surface area contributed by atoms with Crippen LogP contribution in [-0.2, 0) is 4.79 Å². The zero-order valence-corrected chi connectivity index (χ0v) is 11.7. The lowest BCUT2D eigenvalue weighted by Crippen LogP contribution is -2.31. The van der Waals surface area contributed by atoms with E-state index in [1.807, 2.05) is 26.0 Å². The van der Waals surface area contributed by atoms with E-state index in [0.29, 0.717) is 5.75 Å². The number of rotatable bonds is 4. The van der Waals surface area contributed by atoms with E-state index in [9.17, 15) is 9.90 Å². The van der Waals surface area contributed by atoms with Gasteiger partial charge in [-0.15, -0.1) is 0 Å². The Balaban J connectivity index is 3.28. The first kappa shape index (κ1) is 14.5. The summed E-state index contributed by atoms with van der Waals surface area (Å²) < 4.78 is 5.34. The largest absolute Gasteiger partial charge is 0.496 e. The van der Waals surface area contributed by atoms with Gasteiger partial charge >= 0.3 is 0 Å². The Morgan fingerprint density at radius 1 is 1.39 bits per heavy atom. The summed E-state index contributed by atoms with van der Waals surface area (Å²) in [6.45, 7) is 5.36. The molecule has 0 fully saturated rings. The van der Waals surface area contributed by atoms with Crippen LogP contribution < -0.4 is 4.74 Å². The number of hydrogen-bond donors (Lipinski definition) is 1. The summed E-state index contributed by atoms with van der Waals surface area (Å²) in [5.41, 5.74) is 3.07. The number of aliphatic hydroxyl groups is 1. The van der Waals surface area contributed by atoms with Crippen molar-refractivity contribution < 1.29 is 14.6 Å². The van der Waals surface area contributed by atoms with Gasteiger partial charge in [-0.2, -0.15) is 0 Å². The lowest BCUT2D eigenvalue weighted by Gasteiger charge is -2.27. The summed E-state index contributed by atoms with van der Waals surface area (Å²) in [5.74, 6) is 0.611. The van der Waals surface area contributed by atoms with Crippen LogP contribution in [0.4, 0.5) is 0 Å². The Labute approximate surface area is 108 Å². The molecule has 4 heteroatoms. The molecular weight excluding hydrogens is 230 g/mol. The Morgan fingerprint density at radius 3 is 2.39 bits per heavy atom. The molecule has 1 atom stereocenters. The van der Waals surface area contributed by atoms with Gasteiger partial charge in [-0.1, -0.05) is 0 Å². The molecule has 0 radical (unpaired) electrons. The number of nitrogens with zero attached hydrogens (tertiary/aromatic N) is 1. The molecule has 0 saturated carbocycles. The highest BCUT2D eigenvalue weighted by Crippen LogP contribution is 2.31. The fourth-order valence-electron chi connectivity index (χ4n) is 1.90. The maximum atomic E-state index is 11.4. The topological polar surface area (TPSA) is 49.8 Å². The first-order valence-corrected chi connectivity index (χ1v) is 5.91. The number of carbonyl (C=O) groups excluding carboxylic acids is 1. The second kappa shape index (κ2) is 5.87. The molecule has 1 N–H and O–H groups in total. The Morgan fingerprint density at radius 2 is 1.94 bits per heavy atom. The van der Waals surface area contributed by atoms with Gasteiger partial charge in [0.05, 0.1) is 19.8 Å². The predicted octanol–water partition coefficient (Wildman–Crippen LogP) is 1.82. The van der Waals surface area contributed by atoms with Crippen molar-refractivity contribution in [2.24, 2.45) is 0 Å². The molecule has 4 nitrogen and oxygen atoms in total. The molecule has 1 aromatic carbocycles. The van der Waals surface area contributed by atoms with Crippen molar-refractivity contribution in [3.63, 3.8) is 0 Å². The summed E-state index contributed by atoms with van der Waals surface area (Å²) in [6, 6.07) is 3.52. The van der Waals surface area contributed by atoms with E-state index in [2.05, 4.69) is 0 Å². The molecule has 18 heavy (non-hydrogen) atoms. The SMILES string of the molecule is COc1cc(C)c(C)cc1C(CO)N(C)C(C)=O. The van der Waals surface area contributed by atoms with Crippen LogP contribution in [0, 0.1) is 13.8 Å². The third kappa shape index (κ3) is 2.82. The smallest absolute Gasteiger partial charge is 0.219 e. The lowest BCUT2D eigenvalue weighted by atomic mass is 9.99. The van der Waals surface area contributed by atoms with Gasteiger partial charge in [-0.05, 0) is 37.1 Å². The van der Waals surface area contributed by atoms with Crippen molar-refractivity contribution in [3.8, 4) is 5.75 Å². The minimum Gasteiger partial charge on any atom is -0.496 e. The minimum atomic E-state index is -0.378. The molecule has 0 heterocycles. The summed E-state index contributed by atoms with van der Waals surface area (Å²) in [6.07, 6.45) is 0. The van der Waals surface area contributed by atoms with Crippen molar-refractivity contribution in [1.82, 2.24) is 4.90 Å².